The zero-order valence-corrected chi connectivity index (χ0v) is 10.6. The van der Waals surface area contributed by atoms with Crippen LogP contribution in [0.3, 0.4) is 0 Å². The molecule has 0 saturated carbocycles. The van der Waals surface area contributed by atoms with E-state index in [0.717, 1.165) is 25.7 Å². The van der Waals surface area contributed by atoms with Crippen LogP contribution < -0.4 is 5.73 Å². The molecule has 2 N–H and O–H groups in total. The highest BCUT2D eigenvalue weighted by Crippen LogP contribution is 2.08. The number of carbonyl (C=O) groups excluding carboxylic acids is 1. The van der Waals surface area contributed by atoms with Gasteiger partial charge in [-0.3, -0.25) is 4.79 Å². The van der Waals surface area contributed by atoms with Gasteiger partial charge in [-0.25, -0.2) is 0 Å². The van der Waals surface area contributed by atoms with Gasteiger partial charge in [0.25, 0.3) is 0 Å². The Balaban J connectivity index is 3.97. The summed E-state index contributed by atoms with van der Waals surface area (Å²) in [7, 11) is 1.88. The third-order valence-corrected chi connectivity index (χ3v) is 2.86. The van der Waals surface area contributed by atoms with Crippen LogP contribution in [-0.4, -0.2) is 29.9 Å². The lowest BCUT2D eigenvalue weighted by Gasteiger charge is -2.25. The van der Waals surface area contributed by atoms with Crippen molar-refractivity contribution in [2.24, 2.45) is 5.73 Å². The highest BCUT2D eigenvalue weighted by molar-refractivity contribution is 5.76. The molecule has 0 aromatic rings. The second-order valence-corrected chi connectivity index (χ2v) is 4.40. The van der Waals surface area contributed by atoms with E-state index < -0.39 is 0 Å². The van der Waals surface area contributed by atoms with Crippen LogP contribution >= 0.6 is 0 Å². The number of amides is 1. The van der Waals surface area contributed by atoms with E-state index in [0.29, 0.717) is 12.5 Å². The van der Waals surface area contributed by atoms with E-state index in [1.54, 1.807) is 0 Å². The molecule has 0 spiro atoms. The molecule has 0 rings (SSSR count). The summed E-state index contributed by atoms with van der Waals surface area (Å²) in [6.45, 7) is 6.32. The lowest BCUT2D eigenvalue weighted by atomic mass is 10.1. The van der Waals surface area contributed by atoms with E-state index in [-0.39, 0.29) is 11.9 Å². The minimum absolute atomic E-state index is 0.0266. The molecular formula is C12H26N2O. The summed E-state index contributed by atoms with van der Waals surface area (Å²) in [4.78, 5) is 13.6. The van der Waals surface area contributed by atoms with Gasteiger partial charge in [0, 0.05) is 25.6 Å². The number of nitrogens with zero attached hydrogens (tertiary/aromatic N) is 1. The molecule has 0 aliphatic carbocycles. The molecule has 0 bridgehead atoms. The van der Waals surface area contributed by atoms with E-state index >= 15 is 0 Å². The summed E-state index contributed by atoms with van der Waals surface area (Å²) in [6, 6.07) is 0.357. The van der Waals surface area contributed by atoms with Crippen LogP contribution in [0.4, 0.5) is 0 Å². The summed E-state index contributed by atoms with van der Waals surface area (Å²) >= 11 is 0. The first-order valence-corrected chi connectivity index (χ1v) is 6.04. The number of nitrogens with two attached hydrogens (primary N) is 1. The average molecular weight is 214 g/mol. The zero-order valence-electron chi connectivity index (χ0n) is 10.6. The minimum Gasteiger partial charge on any atom is -0.343 e. The average Bonchev–Trinajstić information content (AvgIpc) is 2.17. The summed E-state index contributed by atoms with van der Waals surface area (Å²) in [5.41, 5.74) is 5.85. The van der Waals surface area contributed by atoms with Crippen molar-refractivity contribution >= 4 is 5.91 Å². The van der Waals surface area contributed by atoms with Gasteiger partial charge in [-0.2, -0.15) is 0 Å². The first-order valence-electron chi connectivity index (χ1n) is 6.04. The number of hydrogen-bond donors (Lipinski definition) is 1. The Morgan fingerprint density at radius 2 is 1.80 bits per heavy atom. The van der Waals surface area contributed by atoms with Gasteiger partial charge in [-0.15, -0.1) is 0 Å². The summed E-state index contributed by atoms with van der Waals surface area (Å²) < 4.78 is 0. The predicted molar refractivity (Wildman–Crippen MR) is 64.6 cm³/mol. The molecule has 0 aromatic heterocycles. The van der Waals surface area contributed by atoms with E-state index in [2.05, 4.69) is 20.8 Å². The second kappa shape index (κ2) is 7.69. The maximum Gasteiger partial charge on any atom is 0.224 e. The molecular weight excluding hydrogens is 188 g/mol. The lowest BCUT2D eigenvalue weighted by Crippen LogP contribution is -2.38. The Bertz CT molecular complexity index is 182. The topological polar surface area (TPSA) is 46.3 Å². The Hall–Kier alpha value is -0.570. The van der Waals surface area contributed by atoms with Gasteiger partial charge < -0.3 is 10.6 Å². The molecule has 3 nitrogen and oxygen atoms in total. The molecule has 1 amide bonds. The smallest absolute Gasteiger partial charge is 0.224 e. The SMILES string of the molecule is CCCC(N)CC(=O)N(C)C(C)CCC. The molecule has 0 aliphatic rings. The first-order chi connectivity index (χ1) is 7.02. The monoisotopic (exact) mass is 214 g/mol. The Morgan fingerprint density at radius 1 is 1.27 bits per heavy atom. The zero-order chi connectivity index (χ0) is 11.8. The van der Waals surface area contributed by atoms with Crippen LogP contribution in [0, 0.1) is 0 Å². The minimum atomic E-state index is 0.0266. The van der Waals surface area contributed by atoms with Gasteiger partial charge >= 0.3 is 0 Å². The van der Waals surface area contributed by atoms with Crippen molar-refractivity contribution in [3.05, 3.63) is 0 Å². The summed E-state index contributed by atoms with van der Waals surface area (Å²) in [5, 5.41) is 0. The lowest BCUT2D eigenvalue weighted by molar-refractivity contribution is -0.132. The molecule has 0 heterocycles. The standard InChI is InChI=1S/C12H26N2O/c1-5-7-10(3)14(4)12(15)9-11(13)8-6-2/h10-11H,5-9,13H2,1-4H3. The Labute approximate surface area is 94.0 Å². The van der Waals surface area contributed by atoms with E-state index in [4.69, 9.17) is 5.73 Å². The van der Waals surface area contributed by atoms with Crippen molar-refractivity contribution in [2.75, 3.05) is 7.05 Å². The molecule has 0 radical (unpaired) electrons. The molecule has 90 valence electrons. The van der Waals surface area contributed by atoms with Gasteiger partial charge in [-0.05, 0) is 19.8 Å². The fourth-order valence-electron chi connectivity index (χ4n) is 1.70. The van der Waals surface area contributed by atoms with Crippen LogP contribution in [0.5, 0.6) is 0 Å². The second-order valence-electron chi connectivity index (χ2n) is 4.40. The Kier molecular flexibility index (Phi) is 7.39. The van der Waals surface area contributed by atoms with Gasteiger partial charge in [0.2, 0.25) is 5.91 Å². The van der Waals surface area contributed by atoms with Crippen LogP contribution in [0.2, 0.25) is 0 Å². The van der Waals surface area contributed by atoms with Gasteiger partial charge in [0.05, 0.1) is 0 Å². The van der Waals surface area contributed by atoms with E-state index in [1.807, 2.05) is 11.9 Å². The van der Waals surface area contributed by atoms with E-state index in [1.165, 1.54) is 0 Å². The molecule has 15 heavy (non-hydrogen) atoms. The highest BCUT2D eigenvalue weighted by atomic mass is 16.2. The van der Waals surface area contributed by atoms with Crippen LogP contribution in [0.25, 0.3) is 0 Å². The normalized spacial score (nSPS) is 14.7. The van der Waals surface area contributed by atoms with Gasteiger partial charge in [0.15, 0.2) is 0 Å². The Morgan fingerprint density at radius 3 is 2.27 bits per heavy atom. The quantitative estimate of drug-likeness (QED) is 0.706. The highest BCUT2D eigenvalue weighted by Gasteiger charge is 2.17. The summed E-state index contributed by atoms with van der Waals surface area (Å²) in [5.74, 6) is 0.178. The molecule has 0 saturated heterocycles. The van der Waals surface area contributed by atoms with Crippen molar-refractivity contribution in [2.45, 2.75) is 65.0 Å². The van der Waals surface area contributed by atoms with Crippen molar-refractivity contribution in [1.82, 2.24) is 4.90 Å². The maximum atomic E-state index is 11.8. The fraction of sp³-hybridized carbons (Fsp3) is 0.917. The molecule has 3 heteroatoms. The largest absolute Gasteiger partial charge is 0.343 e. The fourth-order valence-corrected chi connectivity index (χ4v) is 1.70. The third-order valence-electron chi connectivity index (χ3n) is 2.86. The van der Waals surface area contributed by atoms with Crippen molar-refractivity contribution < 1.29 is 4.79 Å². The van der Waals surface area contributed by atoms with Crippen molar-refractivity contribution in [3.63, 3.8) is 0 Å². The number of carbonyl (C=O) groups is 1. The van der Waals surface area contributed by atoms with Crippen molar-refractivity contribution in [3.8, 4) is 0 Å². The first kappa shape index (κ1) is 14.4. The van der Waals surface area contributed by atoms with Crippen LogP contribution in [0.15, 0.2) is 0 Å². The molecule has 0 fully saturated rings. The van der Waals surface area contributed by atoms with E-state index in [9.17, 15) is 4.79 Å². The van der Waals surface area contributed by atoms with Crippen molar-refractivity contribution in [1.29, 1.82) is 0 Å². The van der Waals surface area contributed by atoms with Crippen LogP contribution in [0.1, 0.15) is 52.9 Å². The molecule has 0 aliphatic heterocycles. The molecule has 0 aromatic carbocycles. The number of rotatable bonds is 7. The maximum absolute atomic E-state index is 11.8. The predicted octanol–water partition coefficient (Wildman–Crippen LogP) is 2.15. The molecule has 2 unspecified atom stereocenters. The molecule has 2 atom stereocenters. The van der Waals surface area contributed by atoms with Gasteiger partial charge in [0.1, 0.15) is 0 Å². The van der Waals surface area contributed by atoms with Gasteiger partial charge in [-0.1, -0.05) is 26.7 Å². The summed E-state index contributed by atoms with van der Waals surface area (Å²) in [6.07, 6.45) is 4.63. The van der Waals surface area contributed by atoms with Crippen LogP contribution in [-0.2, 0) is 4.79 Å². The third kappa shape index (κ3) is 5.78. The number of hydrogen-bond acceptors (Lipinski definition) is 2.